The maximum Gasteiger partial charge on any atom is 0.255 e. The van der Waals surface area contributed by atoms with Crippen LogP contribution in [0.15, 0.2) is 66.3 Å². The molecule has 0 atom stereocenters. The smallest absolute Gasteiger partial charge is 0.255 e. The van der Waals surface area contributed by atoms with Crippen molar-refractivity contribution < 1.29 is 13.9 Å². The number of amides is 1. The highest BCUT2D eigenvalue weighted by Gasteiger charge is 2.10. The molecule has 2 aromatic carbocycles. The summed E-state index contributed by atoms with van der Waals surface area (Å²) in [6.07, 6.45) is 3.62. The van der Waals surface area contributed by atoms with Gasteiger partial charge >= 0.3 is 0 Å². The highest BCUT2D eigenvalue weighted by atomic mass is 32.1. The third-order valence-electron chi connectivity index (χ3n) is 4.37. The van der Waals surface area contributed by atoms with Crippen molar-refractivity contribution in [2.24, 2.45) is 0 Å². The third-order valence-corrected chi connectivity index (χ3v) is 5.38. The molecule has 0 unspecified atom stereocenters. The number of nitrogens with zero attached hydrogens (tertiary/aromatic N) is 1. The molecule has 0 fully saturated rings. The highest BCUT2D eigenvalue weighted by Crippen LogP contribution is 2.28. The van der Waals surface area contributed by atoms with Crippen molar-refractivity contribution in [3.63, 3.8) is 0 Å². The number of ether oxygens (including phenoxy) is 1. The predicted octanol–water partition coefficient (Wildman–Crippen LogP) is 5.58. The second-order valence-electron chi connectivity index (χ2n) is 6.37. The normalized spacial score (nSPS) is 10.8. The predicted molar refractivity (Wildman–Crippen MR) is 109 cm³/mol. The number of hydrogen-bond donors (Lipinski definition) is 1. The van der Waals surface area contributed by atoms with Gasteiger partial charge in [-0.05, 0) is 48.2 Å². The summed E-state index contributed by atoms with van der Waals surface area (Å²) in [5, 5.41) is 5.93. The van der Waals surface area contributed by atoms with E-state index in [2.05, 4.69) is 15.7 Å². The van der Waals surface area contributed by atoms with Gasteiger partial charge in [0.25, 0.3) is 5.91 Å². The zero-order valence-corrected chi connectivity index (χ0v) is 15.9. The molecule has 0 bridgehead atoms. The monoisotopic (exact) mass is 392 g/mol. The van der Waals surface area contributed by atoms with Gasteiger partial charge in [0.05, 0.1) is 0 Å². The van der Waals surface area contributed by atoms with Gasteiger partial charge in [0.1, 0.15) is 18.2 Å². The van der Waals surface area contributed by atoms with E-state index in [0.717, 1.165) is 16.5 Å². The Balaban J connectivity index is 1.50. The Morgan fingerprint density at radius 1 is 1.21 bits per heavy atom. The van der Waals surface area contributed by atoms with E-state index in [0.29, 0.717) is 18.0 Å². The number of pyridine rings is 1. The topological polar surface area (TPSA) is 51.2 Å². The number of carbonyl (C=O) groups is 1. The number of benzene rings is 2. The minimum Gasteiger partial charge on any atom is -0.489 e. The maximum atomic E-state index is 13.3. The van der Waals surface area contributed by atoms with Gasteiger partial charge in [-0.15, -0.1) is 11.3 Å². The maximum absolute atomic E-state index is 13.3. The summed E-state index contributed by atoms with van der Waals surface area (Å²) in [5.41, 5.74) is 2.88. The van der Waals surface area contributed by atoms with Gasteiger partial charge in [-0.25, -0.2) is 4.39 Å². The average Bonchev–Trinajstić information content (AvgIpc) is 3.11. The van der Waals surface area contributed by atoms with Gasteiger partial charge in [-0.2, -0.15) is 0 Å². The number of aryl methyl sites for hydroxylation is 1. The minimum atomic E-state index is -0.446. The summed E-state index contributed by atoms with van der Waals surface area (Å²) in [7, 11) is 0. The van der Waals surface area contributed by atoms with Crippen LogP contribution in [-0.2, 0) is 6.61 Å². The van der Waals surface area contributed by atoms with Crippen molar-refractivity contribution in [3.05, 3.63) is 88.8 Å². The van der Waals surface area contributed by atoms with Crippen LogP contribution in [0.3, 0.4) is 0 Å². The molecule has 4 nitrogen and oxygen atoms in total. The molecule has 0 aliphatic rings. The number of carbonyl (C=O) groups excluding carboxylic acids is 1. The summed E-state index contributed by atoms with van der Waals surface area (Å²) in [5.74, 6) is -0.137. The molecule has 4 aromatic rings. The summed E-state index contributed by atoms with van der Waals surface area (Å²) < 4.78 is 20.5. The van der Waals surface area contributed by atoms with Crippen LogP contribution in [0.2, 0.25) is 0 Å². The number of rotatable bonds is 5. The molecule has 28 heavy (non-hydrogen) atoms. The molecule has 6 heteroatoms. The molecule has 140 valence electrons. The average molecular weight is 392 g/mol. The van der Waals surface area contributed by atoms with E-state index in [4.69, 9.17) is 4.74 Å². The van der Waals surface area contributed by atoms with Gasteiger partial charge in [-0.3, -0.25) is 9.78 Å². The summed E-state index contributed by atoms with van der Waals surface area (Å²) in [6, 6.07) is 13.0. The zero-order chi connectivity index (χ0) is 19.5. The highest BCUT2D eigenvalue weighted by molar-refractivity contribution is 7.17. The fraction of sp³-hybridized carbons (Fsp3) is 0.0909. The molecule has 1 N–H and O–H groups in total. The van der Waals surface area contributed by atoms with E-state index in [1.165, 1.54) is 22.9 Å². The standard InChI is InChI=1S/C22H17FN2O2S/c1-14-5-6-18(25-22(26)15-3-2-4-17(23)9-15)10-20(14)27-12-16-13-28-21-7-8-24-11-19(16)21/h2-11,13H,12H2,1H3,(H,25,26). The molecule has 0 aliphatic carbocycles. The lowest BCUT2D eigenvalue weighted by atomic mass is 10.1. The molecule has 0 spiro atoms. The molecular formula is C22H17FN2O2S. The van der Waals surface area contributed by atoms with Gasteiger partial charge in [0.2, 0.25) is 0 Å². The Morgan fingerprint density at radius 2 is 2.11 bits per heavy atom. The summed E-state index contributed by atoms with van der Waals surface area (Å²) >= 11 is 1.66. The van der Waals surface area contributed by atoms with E-state index in [1.807, 2.05) is 25.3 Å². The van der Waals surface area contributed by atoms with Crippen LogP contribution in [0.4, 0.5) is 10.1 Å². The first kappa shape index (κ1) is 18.1. The molecule has 2 heterocycles. The van der Waals surface area contributed by atoms with Crippen molar-refractivity contribution in [1.82, 2.24) is 4.98 Å². The molecule has 0 aliphatic heterocycles. The van der Waals surface area contributed by atoms with Crippen LogP contribution in [0.1, 0.15) is 21.5 Å². The van der Waals surface area contributed by atoms with Crippen molar-refractivity contribution in [2.45, 2.75) is 13.5 Å². The SMILES string of the molecule is Cc1ccc(NC(=O)c2cccc(F)c2)cc1OCc1csc2ccncc12. The van der Waals surface area contributed by atoms with Crippen molar-refractivity contribution in [1.29, 1.82) is 0 Å². The second kappa shape index (κ2) is 7.78. The zero-order valence-electron chi connectivity index (χ0n) is 15.1. The number of thiophene rings is 1. The van der Waals surface area contributed by atoms with Crippen LogP contribution < -0.4 is 10.1 Å². The molecule has 0 radical (unpaired) electrons. The van der Waals surface area contributed by atoms with Crippen molar-refractivity contribution >= 4 is 33.0 Å². The summed E-state index contributed by atoms with van der Waals surface area (Å²) in [4.78, 5) is 16.5. The number of anilines is 1. The first-order chi connectivity index (χ1) is 13.6. The fourth-order valence-corrected chi connectivity index (χ4v) is 3.77. The lowest BCUT2D eigenvalue weighted by Gasteiger charge is -2.12. The van der Waals surface area contributed by atoms with Gasteiger partial charge in [0, 0.05) is 45.4 Å². The molecular weight excluding hydrogens is 375 g/mol. The number of nitrogens with one attached hydrogen (secondary N) is 1. The van der Waals surface area contributed by atoms with E-state index in [9.17, 15) is 9.18 Å². The van der Waals surface area contributed by atoms with Crippen molar-refractivity contribution in [2.75, 3.05) is 5.32 Å². The van der Waals surface area contributed by atoms with Crippen LogP contribution in [0, 0.1) is 12.7 Å². The second-order valence-corrected chi connectivity index (χ2v) is 7.28. The Hall–Kier alpha value is -3.25. The van der Waals surface area contributed by atoms with Crippen LogP contribution in [0.5, 0.6) is 5.75 Å². The Labute approximate surface area is 165 Å². The van der Waals surface area contributed by atoms with Crippen LogP contribution in [-0.4, -0.2) is 10.9 Å². The Morgan fingerprint density at radius 3 is 2.96 bits per heavy atom. The van der Waals surface area contributed by atoms with Crippen LogP contribution >= 0.6 is 11.3 Å². The Bertz CT molecular complexity index is 1160. The molecule has 2 aromatic heterocycles. The largest absolute Gasteiger partial charge is 0.489 e. The Kier molecular flexibility index (Phi) is 5.04. The van der Waals surface area contributed by atoms with Gasteiger partial charge in [0.15, 0.2) is 0 Å². The number of halogens is 1. The minimum absolute atomic E-state index is 0.264. The number of aromatic nitrogens is 1. The van der Waals surface area contributed by atoms with Gasteiger partial charge in [-0.1, -0.05) is 12.1 Å². The fourth-order valence-electron chi connectivity index (χ4n) is 2.86. The lowest BCUT2D eigenvalue weighted by Crippen LogP contribution is -2.12. The van der Waals surface area contributed by atoms with E-state index >= 15 is 0 Å². The first-order valence-electron chi connectivity index (χ1n) is 8.70. The molecule has 4 rings (SSSR count). The van der Waals surface area contributed by atoms with E-state index < -0.39 is 5.82 Å². The first-order valence-corrected chi connectivity index (χ1v) is 9.58. The van der Waals surface area contributed by atoms with Crippen LogP contribution in [0.25, 0.3) is 10.1 Å². The quantitative estimate of drug-likeness (QED) is 0.483. The third kappa shape index (κ3) is 3.87. The number of fused-ring (bicyclic) bond motifs is 1. The van der Waals surface area contributed by atoms with E-state index in [-0.39, 0.29) is 11.5 Å². The summed E-state index contributed by atoms with van der Waals surface area (Å²) in [6.45, 7) is 2.36. The molecule has 0 saturated heterocycles. The van der Waals surface area contributed by atoms with E-state index in [1.54, 1.807) is 35.7 Å². The van der Waals surface area contributed by atoms with Gasteiger partial charge < -0.3 is 10.1 Å². The number of hydrogen-bond acceptors (Lipinski definition) is 4. The van der Waals surface area contributed by atoms with Crippen molar-refractivity contribution in [3.8, 4) is 5.75 Å². The molecule has 1 amide bonds. The molecule has 0 saturated carbocycles. The lowest BCUT2D eigenvalue weighted by molar-refractivity contribution is 0.102.